The molecule has 1 saturated heterocycles. The van der Waals surface area contributed by atoms with Crippen LogP contribution < -0.4 is 10.5 Å². The van der Waals surface area contributed by atoms with Gasteiger partial charge in [0.05, 0.1) is 11.9 Å². The van der Waals surface area contributed by atoms with Crippen LogP contribution in [0, 0.1) is 5.41 Å². The minimum atomic E-state index is -0.176. The predicted molar refractivity (Wildman–Crippen MR) is 110 cm³/mol. The number of rotatable bonds is 5. The molecule has 1 aliphatic heterocycles. The number of anilines is 1. The second-order valence-corrected chi connectivity index (χ2v) is 8.37. The molecular weight excluding hydrogens is 392 g/mol. The van der Waals surface area contributed by atoms with Crippen molar-refractivity contribution >= 4 is 21.6 Å². The van der Waals surface area contributed by atoms with Gasteiger partial charge in [-0.2, -0.15) is 5.10 Å². The van der Waals surface area contributed by atoms with E-state index in [1.54, 1.807) is 6.20 Å². The standard InChI is InChI=1S/C20H27BrN4O/c1-3-9-20(2)14-24(13-16-7-5-4-6-8-16)10-11-25(15-20)17-12-22-23-19(26)18(17)21/h4-8,12H,3,9-11,13-15H2,1-2H3,(H,23,26)/t20-/m1/s1. The third-order valence-electron chi connectivity index (χ3n) is 5.08. The number of hydrogen-bond donors (Lipinski definition) is 1. The van der Waals surface area contributed by atoms with Gasteiger partial charge in [-0.05, 0) is 33.3 Å². The number of halogens is 1. The van der Waals surface area contributed by atoms with Crippen molar-refractivity contribution in [3.05, 3.63) is 56.9 Å². The molecule has 0 radical (unpaired) electrons. The maximum atomic E-state index is 12.0. The van der Waals surface area contributed by atoms with Crippen molar-refractivity contribution in [3.8, 4) is 0 Å². The average Bonchev–Trinajstić information content (AvgIpc) is 2.77. The van der Waals surface area contributed by atoms with Gasteiger partial charge in [-0.25, -0.2) is 5.10 Å². The van der Waals surface area contributed by atoms with Gasteiger partial charge in [0.1, 0.15) is 4.47 Å². The topological polar surface area (TPSA) is 52.2 Å². The molecule has 1 N–H and O–H groups in total. The van der Waals surface area contributed by atoms with Gasteiger partial charge in [-0.1, -0.05) is 50.6 Å². The van der Waals surface area contributed by atoms with E-state index >= 15 is 0 Å². The average molecular weight is 419 g/mol. The molecule has 140 valence electrons. The molecule has 2 aromatic rings. The number of nitrogens with zero attached hydrogens (tertiary/aromatic N) is 3. The summed E-state index contributed by atoms with van der Waals surface area (Å²) in [6, 6.07) is 10.6. The lowest BCUT2D eigenvalue weighted by atomic mass is 9.84. The SMILES string of the molecule is CCC[C@]1(C)CN(Cc2ccccc2)CCN(c2cn[nH]c(=O)c2Br)C1. The van der Waals surface area contributed by atoms with Crippen LogP contribution in [0.1, 0.15) is 32.3 Å². The van der Waals surface area contributed by atoms with Gasteiger partial charge in [-0.15, -0.1) is 0 Å². The van der Waals surface area contributed by atoms with E-state index in [1.807, 2.05) is 0 Å². The number of hydrogen-bond acceptors (Lipinski definition) is 4. The third kappa shape index (κ3) is 4.54. The van der Waals surface area contributed by atoms with Crippen LogP contribution >= 0.6 is 15.9 Å². The van der Waals surface area contributed by atoms with Gasteiger partial charge < -0.3 is 4.90 Å². The van der Waals surface area contributed by atoms with E-state index in [1.165, 1.54) is 5.56 Å². The molecule has 1 atom stereocenters. The monoisotopic (exact) mass is 418 g/mol. The summed E-state index contributed by atoms with van der Waals surface area (Å²) in [5.41, 5.74) is 2.23. The molecule has 3 rings (SSSR count). The zero-order valence-electron chi connectivity index (χ0n) is 15.5. The highest BCUT2D eigenvalue weighted by molar-refractivity contribution is 9.10. The Kier molecular flexibility index (Phi) is 6.14. The first kappa shape index (κ1) is 19.1. The number of benzene rings is 1. The van der Waals surface area contributed by atoms with Crippen molar-refractivity contribution < 1.29 is 0 Å². The van der Waals surface area contributed by atoms with Gasteiger partial charge in [0, 0.05) is 32.7 Å². The molecule has 0 amide bonds. The molecule has 5 nitrogen and oxygen atoms in total. The summed E-state index contributed by atoms with van der Waals surface area (Å²) in [6.45, 7) is 9.40. The van der Waals surface area contributed by atoms with Crippen molar-refractivity contribution in [1.82, 2.24) is 15.1 Å². The Balaban J connectivity index is 1.84. The summed E-state index contributed by atoms with van der Waals surface area (Å²) < 4.78 is 0.572. The van der Waals surface area contributed by atoms with Crippen LogP contribution in [0.15, 0.2) is 45.8 Å². The van der Waals surface area contributed by atoms with E-state index in [9.17, 15) is 4.79 Å². The summed E-state index contributed by atoms with van der Waals surface area (Å²) in [7, 11) is 0. The van der Waals surface area contributed by atoms with Crippen LogP contribution in [0.3, 0.4) is 0 Å². The van der Waals surface area contributed by atoms with E-state index in [0.717, 1.165) is 51.3 Å². The molecule has 0 unspecified atom stereocenters. The van der Waals surface area contributed by atoms with Gasteiger partial charge in [-0.3, -0.25) is 9.69 Å². The van der Waals surface area contributed by atoms with Crippen molar-refractivity contribution in [2.24, 2.45) is 5.41 Å². The molecule has 1 fully saturated rings. The van der Waals surface area contributed by atoms with Crippen molar-refractivity contribution in [3.63, 3.8) is 0 Å². The second-order valence-electron chi connectivity index (χ2n) is 7.58. The van der Waals surface area contributed by atoms with Crippen LogP contribution in [0.25, 0.3) is 0 Å². The molecule has 0 spiro atoms. The van der Waals surface area contributed by atoms with Crippen molar-refractivity contribution in [2.75, 3.05) is 31.1 Å². The van der Waals surface area contributed by atoms with E-state index in [4.69, 9.17) is 0 Å². The van der Waals surface area contributed by atoms with E-state index < -0.39 is 0 Å². The van der Waals surface area contributed by atoms with Crippen LogP contribution in [-0.2, 0) is 6.54 Å². The highest BCUT2D eigenvalue weighted by Crippen LogP contribution is 2.32. The third-order valence-corrected chi connectivity index (χ3v) is 5.85. The molecule has 26 heavy (non-hydrogen) atoms. The normalized spacial score (nSPS) is 21.6. The molecule has 0 saturated carbocycles. The Morgan fingerprint density at radius 3 is 2.73 bits per heavy atom. The summed E-state index contributed by atoms with van der Waals surface area (Å²) >= 11 is 3.45. The van der Waals surface area contributed by atoms with Crippen LogP contribution in [-0.4, -0.2) is 41.3 Å². The summed E-state index contributed by atoms with van der Waals surface area (Å²) in [5.74, 6) is 0. The lowest BCUT2D eigenvalue weighted by molar-refractivity contribution is 0.175. The summed E-state index contributed by atoms with van der Waals surface area (Å²) in [5, 5.41) is 6.50. The zero-order chi connectivity index (χ0) is 18.6. The number of aromatic amines is 1. The minimum absolute atomic E-state index is 0.169. The van der Waals surface area contributed by atoms with Gasteiger partial charge in [0.2, 0.25) is 0 Å². The Bertz CT molecular complexity index is 779. The minimum Gasteiger partial charge on any atom is -0.367 e. The van der Waals surface area contributed by atoms with Crippen LogP contribution in [0.5, 0.6) is 0 Å². The Hall–Kier alpha value is -1.66. The second kappa shape index (κ2) is 8.35. The molecule has 2 heterocycles. The Labute approximate surface area is 163 Å². The molecule has 1 aromatic heterocycles. The van der Waals surface area contributed by atoms with Gasteiger partial charge in [0.25, 0.3) is 5.56 Å². The lowest BCUT2D eigenvalue weighted by Gasteiger charge is -2.35. The van der Waals surface area contributed by atoms with Crippen LogP contribution in [0.4, 0.5) is 5.69 Å². The van der Waals surface area contributed by atoms with E-state index in [2.05, 4.69) is 80.1 Å². The van der Waals surface area contributed by atoms with Crippen LogP contribution in [0.2, 0.25) is 0 Å². The number of aromatic nitrogens is 2. The fourth-order valence-corrected chi connectivity index (χ4v) is 4.45. The first-order chi connectivity index (χ1) is 12.5. The smallest absolute Gasteiger partial charge is 0.280 e. The zero-order valence-corrected chi connectivity index (χ0v) is 17.1. The molecular formula is C20H27BrN4O. The first-order valence-corrected chi connectivity index (χ1v) is 10.0. The van der Waals surface area contributed by atoms with Crippen molar-refractivity contribution in [2.45, 2.75) is 33.2 Å². The van der Waals surface area contributed by atoms with Gasteiger partial charge in [0.15, 0.2) is 0 Å². The molecule has 0 bridgehead atoms. The first-order valence-electron chi connectivity index (χ1n) is 9.25. The Morgan fingerprint density at radius 2 is 2.00 bits per heavy atom. The maximum Gasteiger partial charge on any atom is 0.280 e. The highest BCUT2D eigenvalue weighted by atomic mass is 79.9. The Morgan fingerprint density at radius 1 is 1.23 bits per heavy atom. The fourth-order valence-electron chi connectivity index (χ4n) is 4.01. The highest BCUT2D eigenvalue weighted by Gasteiger charge is 2.33. The number of H-pyrrole nitrogens is 1. The number of nitrogens with one attached hydrogen (secondary N) is 1. The lowest BCUT2D eigenvalue weighted by Crippen LogP contribution is -2.39. The van der Waals surface area contributed by atoms with E-state index in [-0.39, 0.29) is 11.0 Å². The van der Waals surface area contributed by atoms with Crippen molar-refractivity contribution in [1.29, 1.82) is 0 Å². The molecule has 6 heteroatoms. The molecule has 0 aliphatic carbocycles. The van der Waals surface area contributed by atoms with Gasteiger partial charge >= 0.3 is 0 Å². The molecule has 1 aliphatic rings. The predicted octanol–water partition coefficient (Wildman–Crippen LogP) is 3.66. The summed E-state index contributed by atoms with van der Waals surface area (Å²) in [4.78, 5) is 16.8. The maximum absolute atomic E-state index is 12.0. The quantitative estimate of drug-likeness (QED) is 0.804. The fraction of sp³-hybridized carbons (Fsp3) is 0.500. The summed E-state index contributed by atoms with van der Waals surface area (Å²) in [6.07, 6.45) is 4.06. The largest absolute Gasteiger partial charge is 0.367 e. The molecule has 1 aromatic carbocycles. The van der Waals surface area contributed by atoms with E-state index in [0.29, 0.717) is 4.47 Å².